The van der Waals surface area contributed by atoms with Gasteiger partial charge in [0.05, 0.1) is 5.69 Å². The summed E-state index contributed by atoms with van der Waals surface area (Å²) in [5.74, 6) is -0.611. The molecule has 1 aromatic carbocycles. The van der Waals surface area contributed by atoms with Crippen molar-refractivity contribution in [2.75, 3.05) is 5.32 Å². The highest BCUT2D eigenvalue weighted by Gasteiger charge is 2.20. The average molecular weight is 362 g/mol. The minimum Gasteiger partial charge on any atom is -0.477 e. The summed E-state index contributed by atoms with van der Waals surface area (Å²) in [5, 5.41) is 20.4. The molecule has 2 aromatic heterocycles. The molecule has 2 heterocycles. The Kier molecular flexibility index (Phi) is 4.19. The highest BCUT2D eigenvalue weighted by molar-refractivity contribution is 5.88. The first-order valence-electron chi connectivity index (χ1n) is 8.66. The van der Waals surface area contributed by atoms with Gasteiger partial charge in [-0.3, -0.25) is 0 Å². The van der Waals surface area contributed by atoms with Crippen molar-refractivity contribution < 1.29 is 14.3 Å². The van der Waals surface area contributed by atoms with E-state index in [1.165, 1.54) is 6.07 Å². The quantitative estimate of drug-likeness (QED) is 0.714. The van der Waals surface area contributed by atoms with Gasteiger partial charge < -0.3 is 14.8 Å². The Hall–Kier alpha value is -3.48. The van der Waals surface area contributed by atoms with Crippen LogP contribution in [-0.2, 0) is 6.42 Å². The van der Waals surface area contributed by atoms with E-state index in [-0.39, 0.29) is 11.7 Å². The molecule has 136 valence electrons. The summed E-state index contributed by atoms with van der Waals surface area (Å²) >= 11 is 0. The summed E-state index contributed by atoms with van der Waals surface area (Å²) in [4.78, 5) is 15.5. The number of anilines is 1. The highest BCUT2D eigenvalue weighted by atomic mass is 16.4. The van der Waals surface area contributed by atoms with E-state index in [4.69, 9.17) is 4.42 Å². The molecule has 0 unspecified atom stereocenters. The van der Waals surface area contributed by atoms with Gasteiger partial charge >= 0.3 is 12.0 Å². The van der Waals surface area contributed by atoms with Gasteiger partial charge in [0, 0.05) is 17.2 Å². The number of aromatic carboxylic acids is 1. The van der Waals surface area contributed by atoms with E-state index in [1.54, 1.807) is 6.07 Å². The highest BCUT2D eigenvalue weighted by Crippen LogP contribution is 2.35. The number of pyridine rings is 1. The van der Waals surface area contributed by atoms with Gasteiger partial charge in [-0.25, -0.2) is 9.78 Å². The fourth-order valence-electron chi connectivity index (χ4n) is 3.05. The number of hydrogen-bond acceptors (Lipinski definition) is 6. The van der Waals surface area contributed by atoms with Crippen molar-refractivity contribution >= 4 is 17.6 Å². The molecule has 0 radical (unpaired) electrons. The topological polar surface area (TPSA) is 101 Å². The van der Waals surface area contributed by atoms with E-state index >= 15 is 0 Å². The lowest BCUT2D eigenvalue weighted by molar-refractivity contribution is 0.0690. The molecule has 3 aromatic rings. The molecule has 0 bridgehead atoms. The standard InChI is InChI=1S/C20H18N4O3/c1-11(2)21-20-24-23-18(27-20)13-7-6-12-8-9-14(15(12)10-13)16-4-3-5-17(22-16)19(25)26/h3-7,9-11H,8H2,1-2H3,(H,21,24)(H,25,26). The second kappa shape index (κ2) is 6.68. The maximum absolute atomic E-state index is 11.2. The molecule has 1 aliphatic carbocycles. The number of carbonyl (C=O) groups is 1. The number of aromatic nitrogens is 3. The summed E-state index contributed by atoms with van der Waals surface area (Å²) < 4.78 is 5.69. The predicted octanol–water partition coefficient (Wildman–Crippen LogP) is 3.64. The van der Waals surface area contributed by atoms with Crippen molar-refractivity contribution in [3.8, 4) is 11.5 Å². The lowest BCUT2D eigenvalue weighted by atomic mass is 10.00. The molecular weight excluding hydrogens is 344 g/mol. The van der Waals surface area contributed by atoms with E-state index in [0.29, 0.717) is 17.6 Å². The number of fused-ring (bicyclic) bond motifs is 1. The fraction of sp³-hybridized carbons (Fsp3) is 0.200. The van der Waals surface area contributed by atoms with Crippen molar-refractivity contribution in [3.63, 3.8) is 0 Å². The van der Waals surface area contributed by atoms with Gasteiger partial charge in [0.15, 0.2) is 0 Å². The van der Waals surface area contributed by atoms with E-state index in [1.807, 2.05) is 38.1 Å². The molecule has 0 amide bonds. The fourth-order valence-corrected chi connectivity index (χ4v) is 3.05. The molecule has 1 aliphatic rings. The van der Waals surface area contributed by atoms with Gasteiger partial charge in [-0.1, -0.05) is 23.3 Å². The summed E-state index contributed by atoms with van der Waals surface area (Å²) in [6.07, 6.45) is 2.83. The van der Waals surface area contributed by atoms with Crippen LogP contribution in [0, 0.1) is 0 Å². The Morgan fingerprint density at radius 2 is 2.07 bits per heavy atom. The number of allylic oxidation sites excluding steroid dienone is 1. The molecule has 27 heavy (non-hydrogen) atoms. The normalized spacial score (nSPS) is 12.8. The first kappa shape index (κ1) is 17.0. The first-order valence-corrected chi connectivity index (χ1v) is 8.66. The maximum Gasteiger partial charge on any atom is 0.354 e. The monoisotopic (exact) mass is 362 g/mol. The Labute approximate surface area is 155 Å². The summed E-state index contributed by atoms with van der Waals surface area (Å²) in [7, 11) is 0. The van der Waals surface area contributed by atoms with Gasteiger partial charge in [0.2, 0.25) is 5.89 Å². The van der Waals surface area contributed by atoms with Gasteiger partial charge in [-0.2, -0.15) is 0 Å². The van der Waals surface area contributed by atoms with E-state index in [0.717, 1.165) is 28.7 Å². The lowest BCUT2D eigenvalue weighted by Gasteiger charge is -2.08. The molecule has 0 atom stereocenters. The summed E-state index contributed by atoms with van der Waals surface area (Å²) in [6.45, 7) is 3.99. The zero-order valence-electron chi connectivity index (χ0n) is 14.9. The number of rotatable bonds is 5. The number of nitrogens with one attached hydrogen (secondary N) is 1. The minimum absolute atomic E-state index is 0.0271. The van der Waals surface area contributed by atoms with E-state index < -0.39 is 5.97 Å². The smallest absolute Gasteiger partial charge is 0.354 e. The third-order valence-electron chi connectivity index (χ3n) is 4.25. The average Bonchev–Trinajstić information content (AvgIpc) is 3.27. The van der Waals surface area contributed by atoms with Crippen LogP contribution in [0.3, 0.4) is 0 Å². The Balaban J connectivity index is 1.69. The third kappa shape index (κ3) is 3.31. The zero-order valence-corrected chi connectivity index (χ0v) is 14.9. The van der Waals surface area contributed by atoms with E-state index in [9.17, 15) is 9.90 Å². The van der Waals surface area contributed by atoms with E-state index in [2.05, 4.69) is 26.6 Å². The number of benzene rings is 1. The SMILES string of the molecule is CC(C)Nc1nnc(-c2ccc3c(c2)C(c2cccc(C(=O)O)n2)=CC3)o1. The van der Waals surface area contributed by atoms with Gasteiger partial charge in [0.25, 0.3) is 0 Å². The molecule has 0 spiro atoms. The van der Waals surface area contributed by atoms with Crippen molar-refractivity contribution in [3.05, 3.63) is 65.0 Å². The second-order valence-corrected chi connectivity index (χ2v) is 6.62. The summed E-state index contributed by atoms with van der Waals surface area (Å²) in [6, 6.07) is 11.5. The minimum atomic E-state index is -1.04. The van der Waals surface area contributed by atoms with Crippen LogP contribution < -0.4 is 5.32 Å². The number of hydrogen-bond donors (Lipinski definition) is 2. The van der Waals surface area contributed by atoms with Gasteiger partial charge in [-0.05, 0) is 55.7 Å². The largest absolute Gasteiger partial charge is 0.477 e. The molecule has 7 nitrogen and oxygen atoms in total. The lowest BCUT2D eigenvalue weighted by Crippen LogP contribution is -2.09. The van der Waals surface area contributed by atoms with Gasteiger partial charge in [0.1, 0.15) is 5.69 Å². The van der Waals surface area contributed by atoms with Crippen molar-refractivity contribution in [2.45, 2.75) is 26.3 Å². The molecule has 7 heteroatoms. The number of carboxylic acids is 1. The Morgan fingerprint density at radius 3 is 2.85 bits per heavy atom. The Morgan fingerprint density at radius 1 is 1.22 bits per heavy atom. The molecule has 4 rings (SSSR count). The first-order chi connectivity index (χ1) is 13.0. The van der Waals surface area contributed by atoms with Crippen molar-refractivity contribution in [1.29, 1.82) is 0 Å². The third-order valence-corrected chi connectivity index (χ3v) is 4.25. The van der Waals surface area contributed by atoms with Crippen LogP contribution in [0.25, 0.3) is 17.0 Å². The van der Waals surface area contributed by atoms with Crippen LogP contribution in [-0.4, -0.2) is 32.3 Å². The molecule has 0 saturated carbocycles. The molecule has 2 N–H and O–H groups in total. The van der Waals surface area contributed by atoms with Crippen LogP contribution >= 0.6 is 0 Å². The van der Waals surface area contributed by atoms with Crippen LogP contribution in [0.2, 0.25) is 0 Å². The van der Waals surface area contributed by atoms with Gasteiger partial charge in [-0.15, -0.1) is 5.10 Å². The van der Waals surface area contributed by atoms with Crippen molar-refractivity contribution in [2.24, 2.45) is 0 Å². The second-order valence-electron chi connectivity index (χ2n) is 6.62. The van der Waals surface area contributed by atoms with Crippen LogP contribution in [0.1, 0.15) is 41.2 Å². The summed E-state index contributed by atoms with van der Waals surface area (Å²) in [5.41, 5.74) is 4.53. The predicted molar refractivity (Wildman–Crippen MR) is 100 cm³/mol. The Bertz CT molecular complexity index is 1050. The molecule has 0 fully saturated rings. The molecular formula is C20H18N4O3. The van der Waals surface area contributed by atoms with Crippen LogP contribution in [0.4, 0.5) is 6.01 Å². The number of nitrogens with zero attached hydrogens (tertiary/aromatic N) is 3. The van der Waals surface area contributed by atoms with Crippen molar-refractivity contribution in [1.82, 2.24) is 15.2 Å². The zero-order chi connectivity index (χ0) is 19.0. The van der Waals surface area contributed by atoms with Crippen LogP contribution in [0.5, 0.6) is 0 Å². The number of carboxylic acid groups (broad SMARTS) is 1. The maximum atomic E-state index is 11.2. The molecule has 0 aliphatic heterocycles. The van der Waals surface area contributed by atoms with Crippen LogP contribution in [0.15, 0.2) is 46.9 Å². The molecule has 0 saturated heterocycles.